The van der Waals surface area contributed by atoms with Crippen LogP contribution >= 0.6 is 0 Å². The van der Waals surface area contributed by atoms with Gasteiger partial charge in [0.1, 0.15) is 19.2 Å². The van der Waals surface area contributed by atoms with Crippen LogP contribution in [0.2, 0.25) is 0 Å². The van der Waals surface area contributed by atoms with Gasteiger partial charge in [-0.3, -0.25) is 9.69 Å². The topological polar surface area (TPSA) is 99.0 Å². The summed E-state index contributed by atoms with van der Waals surface area (Å²) in [5.74, 6) is 0.378. The van der Waals surface area contributed by atoms with E-state index >= 15 is 0 Å². The minimum Gasteiger partial charge on any atom is -0.307 e. The molecule has 1 aliphatic heterocycles. The van der Waals surface area contributed by atoms with Crippen LogP contribution in [0.4, 0.5) is 16.3 Å². The van der Waals surface area contributed by atoms with E-state index in [1.54, 1.807) is 12.1 Å². The average molecular weight is 253 g/mol. The molecule has 92 valence electrons. The van der Waals surface area contributed by atoms with Gasteiger partial charge in [0.25, 0.3) is 0 Å². The lowest BCUT2D eigenvalue weighted by Crippen LogP contribution is -2.38. The van der Waals surface area contributed by atoms with Crippen molar-refractivity contribution in [1.29, 1.82) is 5.26 Å². The number of urea groups is 1. The first-order valence-corrected chi connectivity index (χ1v) is 5.44. The zero-order valence-corrected chi connectivity index (χ0v) is 9.62. The number of rotatable bonds is 2. The van der Waals surface area contributed by atoms with E-state index in [-0.39, 0.29) is 6.54 Å². The molecule has 7 nitrogen and oxygen atoms in total. The van der Waals surface area contributed by atoms with E-state index in [9.17, 15) is 9.59 Å². The van der Waals surface area contributed by atoms with Crippen molar-refractivity contribution in [3.05, 3.63) is 24.0 Å². The Morgan fingerprint density at radius 1 is 1.42 bits per heavy atom. The van der Waals surface area contributed by atoms with Crippen LogP contribution in [0.15, 0.2) is 18.5 Å². The fourth-order valence-corrected chi connectivity index (χ4v) is 2.06. The molecule has 1 aliphatic rings. The first kappa shape index (κ1) is 11.1. The number of hydrogen-bond donors (Lipinski definition) is 1. The van der Waals surface area contributed by atoms with Crippen molar-refractivity contribution in [1.82, 2.24) is 9.97 Å². The minimum atomic E-state index is -0.447. The summed E-state index contributed by atoms with van der Waals surface area (Å²) in [5.41, 5.74) is 1.45. The number of aldehydes is 1. The van der Waals surface area contributed by atoms with E-state index in [0.29, 0.717) is 34.3 Å². The van der Waals surface area contributed by atoms with Gasteiger partial charge in [-0.15, -0.1) is 0 Å². The van der Waals surface area contributed by atoms with Crippen molar-refractivity contribution in [2.75, 3.05) is 16.8 Å². The van der Waals surface area contributed by atoms with Gasteiger partial charge in [0.15, 0.2) is 5.82 Å². The van der Waals surface area contributed by atoms with E-state index in [2.05, 4.69) is 15.3 Å². The highest BCUT2D eigenvalue weighted by atomic mass is 16.2. The average Bonchev–Trinajstić information content (AvgIpc) is 2.42. The van der Waals surface area contributed by atoms with Crippen LogP contribution in [-0.4, -0.2) is 28.8 Å². The summed E-state index contributed by atoms with van der Waals surface area (Å²) in [7, 11) is 0. The second-order valence-electron chi connectivity index (χ2n) is 3.95. The number of benzene rings is 1. The molecule has 0 unspecified atom stereocenters. The highest BCUT2D eigenvalue weighted by Crippen LogP contribution is 2.34. The third-order valence-corrected chi connectivity index (χ3v) is 2.85. The lowest BCUT2D eigenvalue weighted by molar-refractivity contribution is 0.112. The number of amides is 2. The van der Waals surface area contributed by atoms with E-state index < -0.39 is 6.03 Å². The molecule has 1 aromatic carbocycles. The first-order chi connectivity index (χ1) is 9.24. The molecule has 0 radical (unpaired) electrons. The Kier molecular flexibility index (Phi) is 2.35. The molecule has 0 aliphatic carbocycles. The monoisotopic (exact) mass is 253 g/mol. The molecule has 3 rings (SSSR count). The molecule has 0 saturated heterocycles. The number of nitrogens with zero attached hydrogens (tertiary/aromatic N) is 4. The quantitative estimate of drug-likeness (QED) is 0.642. The minimum absolute atomic E-state index is 0.104. The molecule has 0 fully saturated rings. The van der Waals surface area contributed by atoms with E-state index in [1.807, 2.05) is 6.07 Å². The van der Waals surface area contributed by atoms with Gasteiger partial charge in [0.05, 0.1) is 22.7 Å². The highest BCUT2D eigenvalue weighted by molar-refractivity contribution is 6.17. The molecule has 7 heteroatoms. The third kappa shape index (κ3) is 1.58. The molecule has 1 aromatic heterocycles. The van der Waals surface area contributed by atoms with Gasteiger partial charge in [0, 0.05) is 5.56 Å². The number of carbonyl (C=O) groups excluding carboxylic acids is 2. The molecule has 2 aromatic rings. The van der Waals surface area contributed by atoms with Crippen molar-refractivity contribution in [2.24, 2.45) is 0 Å². The normalized spacial score (nSPS) is 13.0. The molecule has 0 atom stereocenters. The lowest BCUT2D eigenvalue weighted by Gasteiger charge is -2.26. The van der Waals surface area contributed by atoms with Gasteiger partial charge in [-0.25, -0.2) is 14.8 Å². The Morgan fingerprint density at radius 2 is 2.26 bits per heavy atom. The SMILES string of the molecule is N#CCN1C(=O)Nc2cc(C=O)cc3ncnc1c23. The van der Waals surface area contributed by atoms with Crippen LogP contribution in [-0.2, 0) is 0 Å². The summed E-state index contributed by atoms with van der Waals surface area (Å²) >= 11 is 0. The van der Waals surface area contributed by atoms with Crippen LogP contribution in [0.1, 0.15) is 10.4 Å². The molecule has 2 amide bonds. The van der Waals surface area contributed by atoms with Crippen LogP contribution < -0.4 is 10.2 Å². The van der Waals surface area contributed by atoms with Crippen LogP contribution in [0.3, 0.4) is 0 Å². The Morgan fingerprint density at radius 3 is 3.00 bits per heavy atom. The zero-order valence-electron chi connectivity index (χ0n) is 9.62. The van der Waals surface area contributed by atoms with E-state index in [4.69, 9.17) is 5.26 Å². The van der Waals surface area contributed by atoms with Gasteiger partial charge in [-0.1, -0.05) is 0 Å². The summed E-state index contributed by atoms with van der Waals surface area (Å²) in [4.78, 5) is 32.1. The summed E-state index contributed by atoms with van der Waals surface area (Å²) in [6.07, 6.45) is 1.99. The fraction of sp³-hybridized carbons (Fsp3) is 0.0833. The number of aromatic nitrogens is 2. The molecule has 0 bridgehead atoms. The summed E-state index contributed by atoms with van der Waals surface area (Å²) in [6, 6.07) is 4.64. The molecule has 2 heterocycles. The van der Waals surface area contributed by atoms with E-state index in [0.717, 1.165) is 0 Å². The van der Waals surface area contributed by atoms with Crippen molar-refractivity contribution in [3.8, 4) is 6.07 Å². The van der Waals surface area contributed by atoms with Gasteiger partial charge >= 0.3 is 6.03 Å². The Balaban J connectivity index is 2.33. The maximum Gasteiger partial charge on any atom is 0.328 e. The molecule has 19 heavy (non-hydrogen) atoms. The Labute approximate surface area is 107 Å². The standard InChI is InChI=1S/C12H7N5O2/c13-1-2-17-11-10-8(14-6-15-11)3-7(5-18)4-9(10)16-12(17)19/h3-6H,2H2,(H,16,19). The van der Waals surface area contributed by atoms with E-state index in [1.165, 1.54) is 11.2 Å². The van der Waals surface area contributed by atoms with Gasteiger partial charge in [0.2, 0.25) is 0 Å². The van der Waals surface area contributed by atoms with Crippen LogP contribution in [0, 0.1) is 11.3 Å². The number of hydrogen-bond acceptors (Lipinski definition) is 5. The molecule has 0 spiro atoms. The Hall–Kier alpha value is -3.01. The second kappa shape index (κ2) is 4.03. The van der Waals surface area contributed by atoms with Crippen LogP contribution in [0.25, 0.3) is 10.9 Å². The molecule has 0 saturated carbocycles. The van der Waals surface area contributed by atoms with Gasteiger partial charge in [-0.2, -0.15) is 5.26 Å². The lowest BCUT2D eigenvalue weighted by atomic mass is 10.1. The number of nitriles is 1. The second-order valence-corrected chi connectivity index (χ2v) is 3.95. The smallest absolute Gasteiger partial charge is 0.307 e. The molecular formula is C12H7N5O2. The van der Waals surface area contributed by atoms with Crippen LogP contribution in [0.5, 0.6) is 0 Å². The summed E-state index contributed by atoms with van der Waals surface area (Å²) < 4.78 is 0. The molecular weight excluding hydrogens is 246 g/mol. The number of carbonyl (C=O) groups is 2. The predicted octanol–water partition coefficient (Wildman–Crippen LogP) is 1.32. The van der Waals surface area contributed by atoms with Crippen molar-refractivity contribution in [2.45, 2.75) is 0 Å². The third-order valence-electron chi connectivity index (χ3n) is 2.85. The van der Waals surface area contributed by atoms with Gasteiger partial charge in [-0.05, 0) is 12.1 Å². The largest absolute Gasteiger partial charge is 0.328 e. The number of nitrogens with one attached hydrogen (secondary N) is 1. The maximum absolute atomic E-state index is 11.9. The van der Waals surface area contributed by atoms with Gasteiger partial charge < -0.3 is 5.32 Å². The maximum atomic E-state index is 11.9. The highest BCUT2D eigenvalue weighted by Gasteiger charge is 2.27. The summed E-state index contributed by atoms with van der Waals surface area (Å²) in [5, 5.41) is 12.0. The van der Waals surface area contributed by atoms with Crippen molar-refractivity contribution >= 4 is 34.7 Å². The summed E-state index contributed by atoms with van der Waals surface area (Å²) in [6.45, 7) is -0.104. The molecule has 1 N–H and O–H groups in total. The van der Waals surface area contributed by atoms with Crippen molar-refractivity contribution in [3.63, 3.8) is 0 Å². The first-order valence-electron chi connectivity index (χ1n) is 5.44. The van der Waals surface area contributed by atoms with Crippen molar-refractivity contribution < 1.29 is 9.59 Å². The predicted molar refractivity (Wildman–Crippen MR) is 66.9 cm³/mol. The Bertz CT molecular complexity index is 750. The fourth-order valence-electron chi connectivity index (χ4n) is 2.06. The number of anilines is 2. The zero-order chi connectivity index (χ0) is 13.4.